The minimum absolute atomic E-state index is 0.419. The van der Waals surface area contributed by atoms with Gasteiger partial charge in [-0.2, -0.15) is 9.97 Å². The van der Waals surface area contributed by atoms with Crippen LogP contribution in [0.3, 0.4) is 0 Å². The van der Waals surface area contributed by atoms with Crippen LogP contribution in [-0.4, -0.2) is 24.1 Å². The molecule has 1 spiro atoms. The summed E-state index contributed by atoms with van der Waals surface area (Å²) in [6.07, 6.45) is 0. The molecule has 6 nitrogen and oxygen atoms in total. The van der Waals surface area contributed by atoms with Gasteiger partial charge in [0, 0.05) is 49.1 Å². The standard InChI is InChI=1S/C64H37N5O/c1-8-22-49-41(15-1)42-16-2-9-23-50(42)64(49)51-24-10-3-20-47(51)59-52(64)35-36-56-60(59)48-21-6-13-27-55(48)68(56)40-32-29-38(30-33-40)61-65-62(39-31-34-46-45-19-7-14-28-57(45)70-58(46)37-39)67-63(66-61)69-53-25-11-4-17-43(53)44-18-5-12-26-54(44)69/h1-37H. The van der Waals surface area contributed by atoms with Crippen LogP contribution in [0.1, 0.15) is 22.3 Å². The maximum absolute atomic E-state index is 6.37. The van der Waals surface area contributed by atoms with Crippen molar-refractivity contribution in [1.29, 1.82) is 0 Å². The van der Waals surface area contributed by atoms with Gasteiger partial charge in [-0.15, -0.1) is 0 Å². The molecule has 0 fully saturated rings. The van der Waals surface area contributed by atoms with Gasteiger partial charge in [-0.25, -0.2) is 4.98 Å². The van der Waals surface area contributed by atoms with Gasteiger partial charge in [0.2, 0.25) is 5.95 Å². The van der Waals surface area contributed by atoms with Gasteiger partial charge in [0.25, 0.3) is 0 Å². The Hall–Kier alpha value is -9.39. The van der Waals surface area contributed by atoms with Crippen LogP contribution in [0.25, 0.3) is 122 Å². The number of hydrogen-bond acceptors (Lipinski definition) is 4. The predicted octanol–water partition coefficient (Wildman–Crippen LogP) is 15.6. The molecule has 16 rings (SSSR count). The summed E-state index contributed by atoms with van der Waals surface area (Å²) in [5.41, 5.74) is 19.0. The number of benzene rings is 10. The Morgan fingerprint density at radius 2 is 0.857 bits per heavy atom. The Morgan fingerprint density at radius 1 is 0.343 bits per heavy atom. The first-order valence-electron chi connectivity index (χ1n) is 23.9. The van der Waals surface area contributed by atoms with Crippen molar-refractivity contribution < 1.29 is 4.42 Å². The maximum atomic E-state index is 6.37. The van der Waals surface area contributed by atoms with Crippen LogP contribution >= 0.6 is 0 Å². The monoisotopic (exact) mass is 891 g/mol. The molecule has 4 aromatic heterocycles. The van der Waals surface area contributed by atoms with E-state index in [1.807, 2.05) is 18.2 Å². The molecule has 0 amide bonds. The molecule has 0 N–H and O–H groups in total. The first-order valence-corrected chi connectivity index (χ1v) is 23.9. The molecule has 0 radical (unpaired) electrons. The predicted molar refractivity (Wildman–Crippen MR) is 283 cm³/mol. The lowest BCUT2D eigenvalue weighted by Crippen LogP contribution is -2.25. The largest absolute Gasteiger partial charge is 0.456 e. The van der Waals surface area contributed by atoms with Crippen molar-refractivity contribution in [2.45, 2.75) is 5.41 Å². The van der Waals surface area contributed by atoms with Crippen molar-refractivity contribution >= 4 is 65.6 Å². The lowest BCUT2D eigenvalue weighted by molar-refractivity contribution is 0.669. The first-order chi connectivity index (χ1) is 34.7. The fraction of sp³-hybridized carbons (Fsp3) is 0.0156. The van der Waals surface area contributed by atoms with Crippen molar-refractivity contribution in [1.82, 2.24) is 24.1 Å². The van der Waals surface area contributed by atoms with Gasteiger partial charge in [-0.1, -0.05) is 158 Å². The van der Waals surface area contributed by atoms with Crippen LogP contribution in [0, 0.1) is 0 Å². The molecule has 0 saturated heterocycles. The number of para-hydroxylation sites is 4. The van der Waals surface area contributed by atoms with E-state index < -0.39 is 5.41 Å². The molecule has 324 valence electrons. The highest BCUT2D eigenvalue weighted by atomic mass is 16.3. The lowest BCUT2D eigenvalue weighted by Gasteiger charge is -2.30. The minimum atomic E-state index is -0.419. The molecule has 0 saturated carbocycles. The number of fused-ring (bicyclic) bond motifs is 20. The third-order valence-electron chi connectivity index (χ3n) is 15.2. The number of furan rings is 1. The van der Waals surface area contributed by atoms with E-state index >= 15 is 0 Å². The third kappa shape index (κ3) is 4.88. The zero-order valence-corrected chi connectivity index (χ0v) is 37.5. The maximum Gasteiger partial charge on any atom is 0.238 e. The van der Waals surface area contributed by atoms with Gasteiger partial charge in [0.05, 0.1) is 27.5 Å². The summed E-state index contributed by atoms with van der Waals surface area (Å²) >= 11 is 0. The Balaban J connectivity index is 0.890. The van der Waals surface area contributed by atoms with Crippen molar-refractivity contribution in [2.24, 2.45) is 0 Å². The van der Waals surface area contributed by atoms with Crippen molar-refractivity contribution in [3.8, 4) is 56.7 Å². The number of nitrogens with zero attached hydrogens (tertiary/aromatic N) is 5. The second-order valence-electron chi connectivity index (χ2n) is 18.6. The molecule has 0 atom stereocenters. The number of aromatic nitrogens is 5. The molecule has 0 bridgehead atoms. The van der Waals surface area contributed by atoms with Crippen LogP contribution in [0.5, 0.6) is 0 Å². The van der Waals surface area contributed by atoms with E-state index in [1.165, 1.54) is 55.3 Å². The summed E-state index contributed by atoms with van der Waals surface area (Å²) in [6, 6.07) is 80.8. The SMILES string of the molecule is c1ccc2c(c1)-c1ccccc1C21c2ccccc2-c2c1ccc1c2c2ccccc2n1-c1ccc(-c2nc(-c3ccc4c(c3)oc3ccccc34)nc(-n3c4ccccc4c4ccccc43)n2)cc1. The van der Waals surface area contributed by atoms with E-state index in [4.69, 9.17) is 19.4 Å². The fourth-order valence-electron chi connectivity index (χ4n) is 12.4. The Kier molecular flexibility index (Phi) is 7.45. The number of hydrogen-bond donors (Lipinski definition) is 0. The normalized spacial score (nSPS) is 13.3. The van der Waals surface area contributed by atoms with Crippen LogP contribution in [0.2, 0.25) is 0 Å². The molecule has 0 aliphatic heterocycles. The van der Waals surface area contributed by atoms with E-state index in [0.29, 0.717) is 17.6 Å². The Bertz CT molecular complexity index is 4450. The van der Waals surface area contributed by atoms with E-state index in [-0.39, 0.29) is 0 Å². The van der Waals surface area contributed by atoms with Crippen LogP contribution < -0.4 is 0 Å². The molecule has 4 heterocycles. The Labute approximate surface area is 401 Å². The second kappa shape index (κ2) is 13.8. The smallest absolute Gasteiger partial charge is 0.238 e. The molecule has 10 aromatic carbocycles. The molecule has 2 aliphatic rings. The topological polar surface area (TPSA) is 61.7 Å². The molecule has 14 aromatic rings. The fourth-order valence-corrected chi connectivity index (χ4v) is 12.4. The molecular weight excluding hydrogens is 855 g/mol. The molecule has 2 aliphatic carbocycles. The molecule has 70 heavy (non-hydrogen) atoms. The molecule has 0 unspecified atom stereocenters. The highest BCUT2D eigenvalue weighted by Gasteiger charge is 2.52. The average molecular weight is 892 g/mol. The summed E-state index contributed by atoms with van der Waals surface area (Å²) in [7, 11) is 0. The second-order valence-corrected chi connectivity index (χ2v) is 18.6. The van der Waals surface area contributed by atoms with Crippen molar-refractivity contribution in [2.75, 3.05) is 0 Å². The summed E-state index contributed by atoms with van der Waals surface area (Å²) in [5.74, 6) is 1.69. The summed E-state index contributed by atoms with van der Waals surface area (Å²) in [6.45, 7) is 0. The summed E-state index contributed by atoms with van der Waals surface area (Å²) in [5, 5.41) is 6.91. The van der Waals surface area contributed by atoms with Crippen LogP contribution in [0.15, 0.2) is 229 Å². The van der Waals surface area contributed by atoms with Crippen LogP contribution in [-0.2, 0) is 5.41 Å². The molecule has 6 heteroatoms. The highest BCUT2D eigenvalue weighted by Crippen LogP contribution is 2.64. The van der Waals surface area contributed by atoms with Gasteiger partial charge < -0.3 is 8.98 Å². The van der Waals surface area contributed by atoms with E-state index in [2.05, 4.69) is 215 Å². The van der Waals surface area contributed by atoms with Crippen LogP contribution in [0.4, 0.5) is 0 Å². The zero-order chi connectivity index (χ0) is 45.7. The third-order valence-corrected chi connectivity index (χ3v) is 15.2. The van der Waals surface area contributed by atoms with Crippen molar-refractivity contribution in [3.63, 3.8) is 0 Å². The van der Waals surface area contributed by atoms with Gasteiger partial charge in [-0.3, -0.25) is 4.57 Å². The number of rotatable bonds is 4. The van der Waals surface area contributed by atoms with E-state index in [9.17, 15) is 0 Å². The van der Waals surface area contributed by atoms with Gasteiger partial charge in [0.15, 0.2) is 11.6 Å². The lowest BCUT2D eigenvalue weighted by atomic mass is 9.70. The average Bonchev–Trinajstić information content (AvgIpc) is 4.22. The highest BCUT2D eigenvalue weighted by molar-refractivity contribution is 6.19. The minimum Gasteiger partial charge on any atom is -0.456 e. The summed E-state index contributed by atoms with van der Waals surface area (Å²) in [4.78, 5) is 15.8. The van der Waals surface area contributed by atoms with Gasteiger partial charge >= 0.3 is 0 Å². The zero-order valence-electron chi connectivity index (χ0n) is 37.5. The quantitative estimate of drug-likeness (QED) is 0.177. The van der Waals surface area contributed by atoms with E-state index in [0.717, 1.165) is 71.6 Å². The van der Waals surface area contributed by atoms with Crippen molar-refractivity contribution in [3.05, 3.63) is 247 Å². The first kappa shape index (κ1) is 37.7. The van der Waals surface area contributed by atoms with Gasteiger partial charge in [-0.05, 0) is 111 Å². The Morgan fingerprint density at radius 3 is 1.54 bits per heavy atom. The van der Waals surface area contributed by atoms with E-state index in [1.54, 1.807) is 0 Å². The summed E-state index contributed by atoms with van der Waals surface area (Å²) < 4.78 is 11.0. The van der Waals surface area contributed by atoms with Gasteiger partial charge in [0.1, 0.15) is 11.2 Å². The molecular formula is C64H37N5O.